The highest BCUT2D eigenvalue weighted by molar-refractivity contribution is 5.02. The summed E-state index contributed by atoms with van der Waals surface area (Å²) in [4.78, 5) is 0. The second-order valence-electron chi connectivity index (χ2n) is 4.07. The molecule has 0 atom stereocenters. The second kappa shape index (κ2) is 6.58. The Labute approximate surface area is 91.4 Å². The molecule has 0 radical (unpaired) electrons. The van der Waals surface area contributed by atoms with Gasteiger partial charge in [0.1, 0.15) is 5.76 Å². The third kappa shape index (κ3) is 5.54. The zero-order chi connectivity index (χ0) is 11.1. The van der Waals surface area contributed by atoms with Crippen LogP contribution >= 0.6 is 0 Å². The first kappa shape index (κ1) is 12.2. The first-order chi connectivity index (χ1) is 7.18. The molecule has 0 saturated heterocycles. The van der Waals surface area contributed by atoms with Gasteiger partial charge in [-0.2, -0.15) is 0 Å². The van der Waals surface area contributed by atoms with E-state index in [-0.39, 0.29) is 0 Å². The summed E-state index contributed by atoms with van der Waals surface area (Å²) >= 11 is 0. The Kier molecular flexibility index (Phi) is 5.36. The molecule has 0 bridgehead atoms. The average molecular weight is 211 g/mol. The summed E-state index contributed by atoms with van der Waals surface area (Å²) in [6.45, 7) is 9.08. The summed E-state index contributed by atoms with van der Waals surface area (Å²) < 4.78 is 4.97. The maximum absolute atomic E-state index is 4.97. The lowest BCUT2D eigenvalue weighted by Crippen LogP contribution is -2.26. The monoisotopic (exact) mass is 211 g/mol. The van der Waals surface area contributed by atoms with Crippen molar-refractivity contribution in [3.8, 4) is 0 Å². The van der Waals surface area contributed by atoms with Crippen LogP contribution in [0.2, 0.25) is 0 Å². The summed E-state index contributed by atoms with van der Waals surface area (Å²) in [5.74, 6) is 0.869. The number of hydrogen-bond donors (Lipinski definition) is 2. The smallest absolute Gasteiger partial charge is 0.133 e. The van der Waals surface area contributed by atoms with Crippen LogP contribution in [0.25, 0.3) is 0 Å². The fourth-order valence-corrected chi connectivity index (χ4v) is 1.32. The molecule has 15 heavy (non-hydrogen) atoms. The van der Waals surface area contributed by atoms with Gasteiger partial charge in [0.15, 0.2) is 0 Å². The van der Waals surface area contributed by atoms with Crippen molar-refractivity contribution in [1.29, 1.82) is 0 Å². The predicted molar refractivity (Wildman–Crippen MR) is 60.7 cm³/mol. The van der Waals surface area contributed by atoms with E-state index < -0.39 is 0 Å². The molecule has 2 N–H and O–H groups in total. The van der Waals surface area contributed by atoms with Crippen LogP contribution in [0.4, 0.5) is 0 Å². The summed E-state index contributed by atoms with van der Waals surface area (Å²) in [6, 6.07) is 2.53. The molecule has 86 valence electrons. The number of nitrogens with zero attached hydrogens (tertiary/aromatic N) is 1. The third-order valence-electron chi connectivity index (χ3n) is 2.07. The lowest BCUT2D eigenvalue weighted by molar-refractivity contribution is 0.388. The topological polar surface area (TPSA) is 50.1 Å². The van der Waals surface area contributed by atoms with Crippen molar-refractivity contribution < 1.29 is 4.52 Å². The molecule has 4 heteroatoms. The molecule has 0 unspecified atom stereocenters. The van der Waals surface area contributed by atoms with Crippen molar-refractivity contribution in [3.63, 3.8) is 0 Å². The number of aromatic nitrogens is 1. The largest absolute Gasteiger partial charge is 0.361 e. The molecule has 1 rings (SSSR count). The van der Waals surface area contributed by atoms with Crippen LogP contribution < -0.4 is 10.6 Å². The van der Waals surface area contributed by atoms with E-state index in [1.807, 2.05) is 13.0 Å². The molecular formula is C11H21N3O. The van der Waals surface area contributed by atoms with Crippen LogP contribution in [0.5, 0.6) is 0 Å². The van der Waals surface area contributed by atoms with E-state index in [4.69, 9.17) is 4.52 Å². The third-order valence-corrected chi connectivity index (χ3v) is 2.07. The Bertz CT molecular complexity index is 271. The molecule has 0 amide bonds. The Morgan fingerprint density at radius 1 is 1.40 bits per heavy atom. The summed E-state index contributed by atoms with van der Waals surface area (Å²) in [5, 5.41) is 10.6. The molecule has 4 nitrogen and oxygen atoms in total. The molecule has 0 saturated carbocycles. The number of nitrogens with one attached hydrogen (secondary N) is 2. The molecule has 0 aromatic carbocycles. The Balaban J connectivity index is 1.98. The fourth-order valence-electron chi connectivity index (χ4n) is 1.32. The Hall–Kier alpha value is -0.870. The van der Waals surface area contributed by atoms with Crippen molar-refractivity contribution in [2.75, 3.05) is 13.1 Å². The molecule has 0 fully saturated rings. The minimum Gasteiger partial charge on any atom is -0.361 e. The first-order valence-electron chi connectivity index (χ1n) is 5.55. The van der Waals surface area contributed by atoms with Crippen LogP contribution in [0.15, 0.2) is 10.6 Å². The lowest BCUT2D eigenvalue weighted by Gasteiger charge is -2.07. The maximum atomic E-state index is 4.97. The van der Waals surface area contributed by atoms with Crippen LogP contribution in [0.1, 0.15) is 31.7 Å². The lowest BCUT2D eigenvalue weighted by atomic mass is 10.3. The zero-order valence-corrected chi connectivity index (χ0v) is 9.84. The standard InChI is InChI=1S/C11H21N3O/c1-9(2)13-6-4-5-12-8-11-7-10(3)15-14-11/h7,9,12-13H,4-6,8H2,1-3H3. The minimum absolute atomic E-state index is 0.572. The summed E-state index contributed by atoms with van der Waals surface area (Å²) in [7, 11) is 0. The highest BCUT2D eigenvalue weighted by Crippen LogP contribution is 2.00. The van der Waals surface area contributed by atoms with Gasteiger partial charge in [-0.3, -0.25) is 0 Å². The fraction of sp³-hybridized carbons (Fsp3) is 0.727. The van der Waals surface area contributed by atoms with E-state index in [9.17, 15) is 0 Å². The van der Waals surface area contributed by atoms with Gasteiger partial charge in [0.05, 0.1) is 5.69 Å². The first-order valence-corrected chi connectivity index (χ1v) is 5.55. The van der Waals surface area contributed by atoms with Gasteiger partial charge in [-0.25, -0.2) is 0 Å². The van der Waals surface area contributed by atoms with Gasteiger partial charge in [-0.15, -0.1) is 0 Å². The predicted octanol–water partition coefficient (Wildman–Crippen LogP) is 1.46. The molecule has 1 aromatic rings. The van der Waals surface area contributed by atoms with Crippen molar-refractivity contribution >= 4 is 0 Å². The van der Waals surface area contributed by atoms with Gasteiger partial charge >= 0.3 is 0 Å². The van der Waals surface area contributed by atoms with Crippen LogP contribution in [-0.2, 0) is 6.54 Å². The highest BCUT2D eigenvalue weighted by Gasteiger charge is 1.98. The van der Waals surface area contributed by atoms with Crippen molar-refractivity contribution in [3.05, 3.63) is 17.5 Å². The van der Waals surface area contributed by atoms with Gasteiger partial charge in [0, 0.05) is 18.7 Å². The van der Waals surface area contributed by atoms with Gasteiger partial charge in [-0.1, -0.05) is 19.0 Å². The van der Waals surface area contributed by atoms with E-state index in [2.05, 4.69) is 29.6 Å². The molecule has 0 spiro atoms. The Morgan fingerprint density at radius 3 is 2.80 bits per heavy atom. The van der Waals surface area contributed by atoms with Crippen molar-refractivity contribution in [2.45, 2.75) is 39.8 Å². The quantitative estimate of drug-likeness (QED) is 0.670. The molecule has 1 heterocycles. The zero-order valence-electron chi connectivity index (χ0n) is 9.84. The van der Waals surface area contributed by atoms with Gasteiger partial charge < -0.3 is 15.2 Å². The van der Waals surface area contributed by atoms with Crippen LogP contribution in [-0.4, -0.2) is 24.3 Å². The second-order valence-corrected chi connectivity index (χ2v) is 4.07. The summed E-state index contributed by atoms with van der Waals surface area (Å²) in [5.41, 5.74) is 0.976. The SMILES string of the molecule is Cc1cc(CNCCCNC(C)C)no1. The van der Waals surface area contributed by atoms with E-state index in [1.165, 1.54) is 0 Å². The van der Waals surface area contributed by atoms with Gasteiger partial charge in [0.25, 0.3) is 0 Å². The molecule has 0 aliphatic heterocycles. The number of rotatable bonds is 7. The normalized spacial score (nSPS) is 11.2. The Morgan fingerprint density at radius 2 is 2.20 bits per heavy atom. The van der Waals surface area contributed by atoms with Crippen LogP contribution in [0, 0.1) is 6.92 Å². The molecule has 0 aliphatic carbocycles. The molecular weight excluding hydrogens is 190 g/mol. The number of hydrogen-bond acceptors (Lipinski definition) is 4. The summed E-state index contributed by atoms with van der Waals surface area (Å²) in [6.07, 6.45) is 1.13. The molecule has 0 aliphatic rings. The van der Waals surface area contributed by atoms with Crippen molar-refractivity contribution in [2.24, 2.45) is 0 Å². The maximum Gasteiger partial charge on any atom is 0.133 e. The van der Waals surface area contributed by atoms with E-state index >= 15 is 0 Å². The van der Waals surface area contributed by atoms with Gasteiger partial charge in [0.2, 0.25) is 0 Å². The van der Waals surface area contributed by atoms with E-state index in [0.717, 1.165) is 37.5 Å². The number of aryl methyl sites for hydroxylation is 1. The highest BCUT2D eigenvalue weighted by atomic mass is 16.5. The average Bonchev–Trinajstić information content (AvgIpc) is 2.57. The molecule has 1 aromatic heterocycles. The minimum atomic E-state index is 0.572. The van der Waals surface area contributed by atoms with Crippen molar-refractivity contribution in [1.82, 2.24) is 15.8 Å². The van der Waals surface area contributed by atoms with E-state index in [0.29, 0.717) is 6.04 Å². The van der Waals surface area contributed by atoms with Gasteiger partial charge in [-0.05, 0) is 26.4 Å². The van der Waals surface area contributed by atoms with Crippen LogP contribution in [0.3, 0.4) is 0 Å². The van der Waals surface area contributed by atoms with E-state index in [1.54, 1.807) is 0 Å².